The predicted molar refractivity (Wildman–Crippen MR) is 78.9 cm³/mol. The molecule has 0 aliphatic rings. The Bertz CT molecular complexity index is 536. The van der Waals surface area contributed by atoms with E-state index in [0.29, 0.717) is 10.2 Å². The zero-order valence-corrected chi connectivity index (χ0v) is 12.1. The molecule has 0 aromatic heterocycles. The van der Waals surface area contributed by atoms with E-state index in [9.17, 15) is 9.50 Å². The fourth-order valence-electron chi connectivity index (χ4n) is 1.94. The Kier molecular flexibility index (Phi) is 4.43. The van der Waals surface area contributed by atoms with Crippen molar-refractivity contribution in [2.24, 2.45) is 0 Å². The first kappa shape index (κ1) is 13.9. The zero-order chi connectivity index (χ0) is 13.8. The number of hydrogen-bond donors (Lipinski definition) is 2. The summed E-state index contributed by atoms with van der Waals surface area (Å²) in [6, 6.07) is 11.8. The van der Waals surface area contributed by atoms with E-state index in [2.05, 4.69) is 21.2 Å². The Morgan fingerprint density at radius 2 is 1.89 bits per heavy atom. The summed E-state index contributed by atoms with van der Waals surface area (Å²) in [6.07, 6.45) is 0.811. The van der Waals surface area contributed by atoms with E-state index in [1.54, 1.807) is 24.3 Å². The maximum absolute atomic E-state index is 13.8. The third-order valence-corrected chi connectivity index (χ3v) is 3.65. The standard InChI is InChI=1S/C15H15BrFNO/c1-2-14(10-6-8-11(19)9-7-10)18-15-12(16)4-3-5-13(15)17/h3-9,14,18-19H,2H2,1H3. The van der Waals surface area contributed by atoms with Gasteiger partial charge < -0.3 is 10.4 Å². The Hall–Kier alpha value is -1.55. The van der Waals surface area contributed by atoms with E-state index in [4.69, 9.17) is 0 Å². The number of phenols is 1. The van der Waals surface area contributed by atoms with E-state index in [1.807, 2.05) is 19.1 Å². The molecular formula is C15H15BrFNO. The van der Waals surface area contributed by atoms with Crippen molar-refractivity contribution in [2.45, 2.75) is 19.4 Å². The lowest BCUT2D eigenvalue weighted by molar-refractivity contribution is 0.475. The second kappa shape index (κ2) is 6.06. The number of aromatic hydroxyl groups is 1. The molecule has 0 saturated carbocycles. The van der Waals surface area contributed by atoms with Gasteiger partial charge in [-0.25, -0.2) is 4.39 Å². The molecule has 2 nitrogen and oxygen atoms in total. The van der Waals surface area contributed by atoms with Gasteiger partial charge in [0.15, 0.2) is 0 Å². The van der Waals surface area contributed by atoms with Crippen LogP contribution in [0.5, 0.6) is 5.75 Å². The second-order valence-corrected chi connectivity index (χ2v) is 5.15. The van der Waals surface area contributed by atoms with Gasteiger partial charge in [-0.3, -0.25) is 0 Å². The normalized spacial score (nSPS) is 12.2. The molecule has 100 valence electrons. The smallest absolute Gasteiger partial charge is 0.147 e. The second-order valence-electron chi connectivity index (χ2n) is 4.29. The van der Waals surface area contributed by atoms with E-state index >= 15 is 0 Å². The van der Waals surface area contributed by atoms with Crippen molar-refractivity contribution in [1.29, 1.82) is 0 Å². The summed E-state index contributed by atoms with van der Waals surface area (Å²) in [6.45, 7) is 2.03. The van der Waals surface area contributed by atoms with Crippen LogP contribution >= 0.6 is 15.9 Å². The number of nitrogens with one attached hydrogen (secondary N) is 1. The highest BCUT2D eigenvalue weighted by atomic mass is 79.9. The van der Waals surface area contributed by atoms with Gasteiger partial charge in [0, 0.05) is 4.47 Å². The Morgan fingerprint density at radius 3 is 2.47 bits per heavy atom. The molecule has 0 heterocycles. The maximum Gasteiger partial charge on any atom is 0.147 e. The molecule has 0 fully saturated rings. The number of halogens is 2. The van der Waals surface area contributed by atoms with Gasteiger partial charge in [-0.1, -0.05) is 25.1 Å². The molecule has 0 aliphatic carbocycles. The van der Waals surface area contributed by atoms with E-state index in [1.165, 1.54) is 6.07 Å². The van der Waals surface area contributed by atoms with Gasteiger partial charge in [-0.15, -0.1) is 0 Å². The van der Waals surface area contributed by atoms with Crippen LogP contribution in [0, 0.1) is 5.82 Å². The maximum atomic E-state index is 13.8. The predicted octanol–water partition coefficient (Wildman–Crippen LogP) is 4.86. The third-order valence-electron chi connectivity index (χ3n) is 2.99. The number of phenolic OH excluding ortho intramolecular Hbond substituents is 1. The summed E-state index contributed by atoms with van der Waals surface area (Å²) >= 11 is 3.35. The average molecular weight is 324 g/mol. The SMILES string of the molecule is CCC(Nc1c(F)cccc1Br)c1ccc(O)cc1. The number of hydrogen-bond acceptors (Lipinski definition) is 2. The Labute approximate surface area is 120 Å². The molecular weight excluding hydrogens is 309 g/mol. The van der Waals surface area contributed by atoms with Crippen molar-refractivity contribution >= 4 is 21.6 Å². The highest BCUT2D eigenvalue weighted by Crippen LogP contribution is 2.30. The first-order valence-corrected chi connectivity index (χ1v) is 6.90. The van der Waals surface area contributed by atoms with E-state index < -0.39 is 0 Å². The molecule has 0 aliphatic heterocycles. The molecule has 19 heavy (non-hydrogen) atoms. The van der Waals surface area contributed by atoms with Gasteiger partial charge in [-0.2, -0.15) is 0 Å². The van der Waals surface area contributed by atoms with Crippen molar-refractivity contribution in [2.75, 3.05) is 5.32 Å². The van der Waals surface area contributed by atoms with Crippen molar-refractivity contribution in [1.82, 2.24) is 0 Å². The Balaban J connectivity index is 2.26. The Morgan fingerprint density at radius 1 is 1.21 bits per heavy atom. The average Bonchev–Trinajstić information content (AvgIpc) is 2.40. The zero-order valence-electron chi connectivity index (χ0n) is 10.5. The van der Waals surface area contributed by atoms with Crippen LogP contribution in [0.25, 0.3) is 0 Å². The highest BCUT2D eigenvalue weighted by molar-refractivity contribution is 9.10. The topological polar surface area (TPSA) is 32.3 Å². The summed E-state index contributed by atoms with van der Waals surface area (Å²) in [7, 11) is 0. The highest BCUT2D eigenvalue weighted by Gasteiger charge is 2.13. The summed E-state index contributed by atoms with van der Waals surface area (Å²) in [5.74, 6) is -0.0581. The van der Waals surface area contributed by atoms with Gasteiger partial charge >= 0.3 is 0 Å². The van der Waals surface area contributed by atoms with Gasteiger partial charge in [0.1, 0.15) is 11.6 Å². The summed E-state index contributed by atoms with van der Waals surface area (Å²) in [4.78, 5) is 0. The van der Waals surface area contributed by atoms with Crippen LogP contribution in [0.1, 0.15) is 24.9 Å². The summed E-state index contributed by atoms with van der Waals surface area (Å²) < 4.78 is 14.5. The van der Waals surface area contributed by atoms with Crippen LogP contribution in [0.4, 0.5) is 10.1 Å². The largest absolute Gasteiger partial charge is 0.508 e. The van der Waals surface area contributed by atoms with Crippen molar-refractivity contribution in [3.63, 3.8) is 0 Å². The van der Waals surface area contributed by atoms with Crippen molar-refractivity contribution in [3.05, 3.63) is 58.3 Å². The minimum absolute atomic E-state index is 0.00574. The molecule has 0 saturated heterocycles. The molecule has 0 radical (unpaired) electrons. The van der Waals surface area contributed by atoms with Crippen LogP contribution in [0.15, 0.2) is 46.9 Å². The van der Waals surface area contributed by atoms with Crippen LogP contribution in [0.3, 0.4) is 0 Å². The molecule has 2 aromatic rings. The minimum atomic E-state index is -0.286. The molecule has 1 atom stereocenters. The lowest BCUT2D eigenvalue weighted by Crippen LogP contribution is -2.11. The van der Waals surface area contributed by atoms with Crippen LogP contribution < -0.4 is 5.32 Å². The number of benzene rings is 2. The van der Waals surface area contributed by atoms with Gasteiger partial charge in [0.05, 0.1) is 11.7 Å². The molecule has 2 N–H and O–H groups in total. The number of rotatable bonds is 4. The van der Waals surface area contributed by atoms with Crippen LogP contribution in [-0.4, -0.2) is 5.11 Å². The summed E-state index contributed by atoms with van der Waals surface area (Å²) in [5, 5.41) is 12.5. The number of para-hydroxylation sites is 1. The molecule has 1 unspecified atom stereocenters. The first-order chi connectivity index (χ1) is 9.11. The first-order valence-electron chi connectivity index (χ1n) is 6.11. The molecule has 2 aromatic carbocycles. The molecule has 0 amide bonds. The van der Waals surface area contributed by atoms with Gasteiger partial charge in [0.25, 0.3) is 0 Å². The van der Waals surface area contributed by atoms with E-state index in [-0.39, 0.29) is 17.6 Å². The fraction of sp³-hybridized carbons (Fsp3) is 0.200. The molecule has 0 spiro atoms. The van der Waals surface area contributed by atoms with E-state index in [0.717, 1.165) is 12.0 Å². The van der Waals surface area contributed by atoms with Crippen molar-refractivity contribution < 1.29 is 9.50 Å². The molecule has 0 bridgehead atoms. The minimum Gasteiger partial charge on any atom is -0.508 e. The molecule has 2 rings (SSSR count). The summed E-state index contributed by atoms with van der Waals surface area (Å²) in [5.41, 5.74) is 1.47. The fourth-order valence-corrected chi connectivity index (χ4v) is 2.39. The van der Waals surface area contributed by atoms with Crippen LogP contribution in [0.2, 0.25) is 0 Å². The third kappa shape index (κ3) is 3.26. The lowest BCUT2D eigenvalue weighted by atomic mass is 10.0. The lowest BCUT2D eigenvalue weighted by Gasteiger charge is -2.20. The van der Waals surface area contributed by atoms with Crippen molar-refractivity contribution in [3.8, 4) is 5.75 Å². The van der Waals surface area contributed by atoms with Gasteiger partial charge in [0.2, 0.25) is 0 Å². The number of anilines is 1. The van der Waals surface area contributed by atoms with Crippen LogP contribution in [-0.2, 0) is 0 Å². The monoisotopic (exact) mass is 323 g/mol. The molecule has 4 heteroatoms. The van der Waals surface area contributed by atoms with Gasteiger partial charge in [-0.05, 0) is 52.2 Å². The quantitative estimate of drug-likeness (QED) is 0.842.